The van der Waals surface area contributed by atoms with Gasteiger partial charge in [-0.25, -0.2) is 0 Å². The van der Waals surface area contributed by atoms with E-state index in [2.05, 4.69) is 0 Å². The lowest BCUT2D eigenvalue weighted by atomic mass is 9.92. The second-order valence-corrected chi connectivity index (χ2v) is 8.89. The van der Waals surface area contributed by atoms with Crippen molar-refractivity contribution in [2.75, 3.05) is 0 Å². The van der Waals surface area contributed by atoms with Crippen molar-refractivity contribution in [3.05, 3.63) is 65.2 Å². The summed E-state index contributed by atoms with van der Waals surface area (Å²) in [6.07, 6.45) is 1.56. The van der Waals surface area contributed by atoms with E-state index < -0.39 is 16.2 Å². The van der Waals surface area contributed by atoms with Gasteiger partial charge in [-0.1, -0.05) is 29.8 Å². The van der Waals surface area contributed by atoms with Gasteiger partial charge >= 0.3 is 0 Å². The van der Waals surface area contributed by atoms with Gasteiger partial charge in [0.1, 0.15) is 0 Å². The van der Waals surface area contributed by atoms with Crippen LogP contribution < -0.4 is 0 Å². The highest BCUT2D eigenvalue weighted by molar-refractivity contribution is 7.86. The van der Waals surface area contributed by atoms with Crippen LogP contribution in [0.3, 0.4) is 0 Å². The van der Waals surface area contributed by atoms with E-state index in [0.717, 1.165) is 5.56 Å². The lowest BCUT2D eigenvalue weighted by Crippen LogP contribution is -2.43. The Morgan fingerprint density at radius 3 is 1.93 bits per heavy atom. The summed E-state index contributed by atoms with van der Waals surface area (Å²) >= 11 is 0. The first-order valence-electron chi connectivity index (χ1n) is 9.34. The first kappa shape index (κ1) is 18.8. The molecule has 0 N–H and O–H groups in total. The van der Waals surface area contributed by atoms with Gasteiger partial charge in [0.25, 0.3) is 21.9 Å². The molecule has 2 aromatic rings. The van der Waals surface area contributed by atoms with Crippen LogP contribution in [-0.4, -0.2) is 37.3 Å². The van der Waals surface area contributed by atoms with E-state index in [4.69, 9.17) is 4.18 Å². The normalized spacial score (nSPS) is 22.4. The topological polar surface area (TPSA) is 80.8 Å². The molecule has 0 radical (unpaired) electrons. The summed E-state index contributed by atoms with van der Waals surface area (Å²) in [7, 11) is -3.83. The Balaban J connectivity index is 1.41. The standard InChI is InChI=1S/C21H21NO5S/c1-14-6-12-17(13-7-14)28(25,26)27-16-10-8-15(9-11-16)22-20(23)18-4-2-3-5-19(18)21(22)24/h2-7,12-13,15-16H,8-11H2,1H3. The molecule has 0 saturated heterocycles. The Morgan fingerprint density at radius 1 is 0.857 bits per heavy atom. The fourth-order valence-corrected chi connectivity index (χ4v) is 5.01. The minimum Gasteiger partial charge on any atom is -0.271 e. The Hall–Kier alpha value is -2.51. The van der Waals surface area contributed by atoms with Crippen molar-refractivity contribution < 1.29 is 22.2 Å². The maximum absolute atomic E-state index is 12.6. The molecular weight excluding hydrogens is 378 g/mol. The van der Waals surface area contributed by atoms with Gasteiger partial charge in [-0.15, -0.1) is 0 Å². The zero-order chi connectivity index (χ0) is 19.9. The third-order valence-electron chi connectivity index (χ3n) is 5.41. The van der Waals surface area contributed by atoms with Gasteiger partial charge in [-0.05, 0) is 56.9 Å². The molecule has 1 saturated carbocycles. The largest absolute Gasteiger partial charge is 0.297 e. The van der Waals surface area contributed by atoms with Crippen molar-refractivity contribution in [1.82, 2.24) is 4.90 Å². The van der Waals surface area contributed by atoms with Crippen molar-refractivity contribution in [3.63, 3.8) is 0 Å². The Labute approximate surface area is 164 Å². The molecule has 1 heterocycles. The smallest absolute Gasteiger partial charge is 0.271 e. The van der Waals surface area contributed by atoms with E-state index in [9.17, 15) is 18.0 Å². The Morgan fingerprint density at radius 2 is 1.39 bits per heavy atom. The van der Waals surface area contributed by atoms with Gasteiger partial charge in [0.15, 0.2) is 0 Å². The zero-order valence-electron chi connectivity index (χ0n) is 15.5. The van der Waals surface area contributed by atoms with Crippen LogP contribution in [0.5, 0.6) is 0 Å². The summed E-state index contributed by atoms with van der Waals surface area (Å²) in [5.41, 5.74) is 1.85. The minimum absolute atomic E-state index is 0.139. The van der Waals surface area contributed by atoms with Gasteiger partial charge in [0.2, 0.25) is 0 Å². The molecule has 1 fully saturated rings. The van der Waals surface area contributed by atoms with Crippen molar-refractivity contribution >= 4 is 21.9 Å². The number of imide groups is 1. The van der Waals surface area contributed by atoms with Crippen LogP contribution in [0.4, 0.5) is 0 Å². The first-order valence-corrected chi connectivity index (χ1v) is 10.7. The highest BCUT2D eigenvalue weighted by atomic mass is 32.2. The number of carbonyl (C=O) groups is 2. The molecule has 0 atom stereocenters. The number of hydrogen-bond donors (Lipinski definition) is 0. The molecular formula is C21H21NO5S. The van der Waals surface area contributed by atoms with Crippen LogP contribution in [0, 0.1) is 6.92 Å². The molecule has 2 aliphatic rings. The van der Waals surface area contributed by atoms with Crippen LogP contribution >= 0.6 is 0 Å². The third-order valence-corrected chi connectivity index (χ3v) is 6.78. The number of hydrogen-bond acceptors (Lipinski definition) is 5. The fourth-order valence-electron chi connectivity index (χ4n) is 3.88. The highest BCUT2D eigenvalue weighted by Gasteiger charge is 2.41. The van der Waals surface area contributed by atoms with E-state index >= 15 is 0 Å². The molecule has 2 amide bonds. The molecule has 28 heavy (non-hydrogen) atoms. The summed E-state index contributed by atoms with van der Waals surface area (Å²) in [5, 5.41) is 0. The Bertz CT molecular complexity index is 986. The van der Waals surface area contributed by atoms with Crippen LogP contribution in [0.2, 0.25) is 0 Å². The van der Waals surface area contributed by atoms with Crippen LogP contribution in [0.25, 0.3) is 0 Å². The number of benzene rings is 2. The van der Waals surface area contributed by atoms with Crippen molar-refractivity contribution in [2.45, 2.75) is 49.6 Å². The number of nitrogens with zero attached hydrogens (tertiary/aromatic N) is 1. The number of fused-ring (bicyclic) bond motifs is 1. The molecule has 146 valence electrons. The lowest BCUT2D eigenvalue weighted by Gasteiger charge is -2.33. The monoisotopic (exact) mass is 399 g/mol. The fraction of sp³-hybridized carbons (Fsp3) is 0.333. The van der Waals surface area contributed by atoms with Crippen LogP contribution in [0.15, 0.2) is 53.4 Å². The van der Waals surface area contributed by atoms with Crippen molar-refractivity contribution in [2.24, 2.45) is 0 Å². The molecule has 1 aliphatic carbocycles. The predicted octanol–water partition coefficient (Wildman–Crippen LogP) is 3.31. The average Bonchev–Trinajstić information content (AvgIpc) is 2.94. The van der Waals surface area contributed by atoms with Gasteiger partial charge in [0.05, 0.1) is 22.1 Å². The summed E-state index contributed by atoms with van der Waals surface area (Å²) in [5.74, 6) is -0.533. The van der Waals surface area contributed by atoms with E-state index in [1.807, 2.05) is 6.92 Å². The van der Waals surface area contributed by atoms with Crippen molar-refractivity contribution in [1.29, 1.82) is 0 Å². The number of rotatable bonds is 4. The molecule has 0 aromatic heterocycles. The number of amides is 2. The summed E-state index contributed by atoms with van der Waals surface area (Å²) in [6, 6.07) is 13.1. The number of carbonyl (C=O) groups excluding carboxylic acids is 2. The SMILES string of the molecule is Cc1ccc(S(=O)(=O)OC2CCC(N3C(=O)c4ccccc4C3=O)CC2)cc1. The predicted molar refractivity (Wildman–Crippen MR) is 102 cm³/mol. The second kappa shape index (κ2) is 7.14. The summed E-state index contributed by atoms with van der Waals surface area (Å²) < 4.78 is 30.3. The maximum atomic E-state index is 12.6. The van der Waals surface area contributed by atoms with Crippen molar-refractivity contribution in [3.8, 4) is 0 Å². The zero-order valence-corrected chi connectivity index (χ0v) is 16.3. The molecule has 1 aliphatic heterocycles. The van der Waals surface area contributed by atoms with Gasteiger partial charge in [-0.3, -0.25) is 18.7 Å². The van der Waals surface area contributed by atoms with Gasteiger partial charge < -0.3 is 0 Å². The first-order chi connectivity index (χ1) is 13.4. The lowest BCUT2D eigenvalue weighted by molar-refractivity contribution is 0.0482. The van der Waals surface area contributed by atoms with Gasteiger partial charge in [0, 0.05) is 6.04 Å². The van der Waals surface area contributed by atoms with Crippen LogP contribution in [0.1, 0.15) is 52.0 Å². The molecule has 4 rings (SSSR count). The minimum atomic E-state index is -3.83. The molecule has 7 heteroatoms. The average molecular weight is 399 g/mol. The highest BCUT2D eigenvalue weighted by Crippen LogP contribution is 2.33. The summed E-state index contributed by atoms with van der Waals surface area (Å²) in [6.45, 7) is 1.89. The summed E-state index contributed by atoms with van der Waals surface area (Å²) in [4.78, 5) is 26.7. The quantitative estimate of drug-likeness (QED) is 0.582. The number of aryl methyl sites for hydroxylation is 1. The van der Waals surface area contributed by atoms with E-state index in [0.29, 0.717) is 36.8 Å². The second-order valence-electron chi connectivity index (χ2n) is 7.32. The van der Waals surface area contributed by atoms with Gasteiger partial charge in [-0.2, -0.15) is 8.42 Å². The van der Waals surface area contributed by atoms with E-state index in [-0.39, 0.29) is 22.8 Å². The molecule has 6 nitrogen and oxygen atoms in total. The third kappa shape index (κ3) is 3.36. The maximum Gasteiger partial charge on any atom is 0.297 e. The van der Waals surface area contributed by atoms with Crippen LogP contribution in [-0.2, 0) is 14.3 Å². The van der Waals surface area contributed by atoms with E-state index in [1.165, 1.54) is 17.0 Å². The molecule has 0 bridgehead atoms. The molecule has 0 unspecified atom stereocenters. The molecule has 0 spiro atoms. The van der Waals surface area contributed by atoms with E-state index in [1.54, 1.807) is 36.4 Å². The molecule has 2 aromatic carbocycles. The Kier molecular flexibility index (Phi) is 4.81.